The highest BCUT2D eigenvalue weighted by Crippen LogP contribution is 2.54. The normalized spacial score (nSPS) is 24.6. The van der Waals surface area contributed by atoms with Crippen LogP contribution in [0.3, 0.4) is 0 Å². The van der Waals surface area contributed by atoms with E-state index in [2.05, 4.69) is 30.0 Å². The van der Waals surface area contributed by atoms with Crippen LogP contribution in [0.4, 0.5) is 19.1 Å². The smallest absolute Gasteiger partial charge is 0.433 e. The van der Waals surface area contributed by atoms with Crippen LogP contribution in [0.15, 0.2) is 36.5 Å². The van der Waals surface area contributed by atoms with Gasteiger partial charge in [0.15, 0.2) is 5.82 Å². The quantitative estimate of drug-likeness (QED) is 0.594. The molecular formula is C23H25F3N6O. The molecule has 0 amide bonds. The molecule has 0 unspecified atom stereocenters. The van der Waals surface area contributed by atoms with Crippen LogP contribution in [0.25, 0.3) is 11.4 Å². The van der Waals surface area contributed by atoms with E-state index < -0.39 is 11.9 Å². The first-order valence-corrected chi connectivity index (χ1v) is 11.0. The summed E-state index contributed by atoms with van der Waals surface area (Å²) in [5, 5.41) is 12.3. The minimum absolute atomic E-state index is 0.0383. The van der Waals surface area contributed by atoms with Crippen LogP contribution in [-0.2, 0) is 18.6 Å². The molecule has 6 rings (SSSR count). The molecule has 3 aliphatic carbocycles. The molecule has 1 N–H and O–H groups in total. The number of alkyl halides is 3. The van der Waals surface area contributed by atoms with Crippen LogP contribution in [0.5, 0.6) is 5.75 Å². The fourth-order valence-electron chi connectivity index (χ4n) is 5.38. The maximum Gasteiger partial charge on any atom is 0.433 e. The summed E-state index contributed by atoms with van der Waals surface area (Å²) in [7, 11) is 3.62. The lowest BCUT2D eigenvalue weighted by molar-refractivity contribution is -0.141. The van der Waals surface area contributed by atoms with Gasteiger partial charge in [0.05, 0.1) is 12.7 Å². The zero-order chi connectivity index (χ0) is 23.3. The Balaban J connectivity index is 1.37. The van der Waals surface area contributed by atoms with Crippen molar-refractivity contribution in [2.45, 2.75) is 55.7 Å². The largest absolute Gasteiger partial charge is 0.496 e. The Kier molecular flexibility index (Phi) is 5.06. The van der Waals surface area contributed by atoms with Gasteiger partial charge in [-0.2, -0.15) is 13.2 Å². The van der Waals surface area contributed by atoms with Crippen molar-refractivity contribution in [1.82, 2.24) is 24.7 Å². The molecule has 3 fully saturated rings. The Morgan fingerprint density at radius 1 is 1.00 bits per heavy atom. The first-order valence-electron chi connectivity index (χ1n) is 11.0. The molecule has 3 aromatic rings. The number of benzene rings is 1. The molecule has 0 radical (unpaired) electrons. The van der Waals surface area contributed by atoms with E-state index in [4.69, 9.17) is 4.74 Å². The molecule has 10 heteroatoms. The predicted octanol–water partition coefficient (Wildman–Crippen LogP) is 4.76. The van der Waals surface area contributed by atoms with Crippen molar-refractivity contribution < 1.29 is 17.9 Å². The van der Waals surface area contributed by atoms with Gasteiger partial charge in [0.1, 0.15) is 17.3 Å². The zero-order valence-corrected chi connectivity index (χ0v) is 18.5. The predicted molar refractivity (Wildman–Crippen MR) is 116 cm³/mol. The number of nitrogens with one attached hydrogen (secondary N) is 1. The summed E-state index contributed by atoms with van der Waals surface area (Å²) in [4.78, 5) is 7.75. The maximum absolute atomic E-state index is 13.0. The number of fused-ring (bicyclic) bond motifs is 3. The second-order valence-corrected chi connectivity index (χ2v) is 9.06. The molecular weight excluding hydrogens is 433 g/mol. The van der Waals surface area contributed by atoms with Gasteiger partial charge in [-0.15, -0.1) is 10.2 Å². The molecule has 0 atom stereocenters. The second-order valence-electron chi connectivity index (χ2n) is 9.06. The number of anilines is 1. The van der Waals surface area contributed by atoms with Crippen LogP contribution >= 0.6 is 0 Å². The van der Waals surface area contributed by atoms with Gasteiger partial charge in [0, 0.05) is 24.2 Å². The molecule has 2 aromatic heterocycles. The summed E-state index contributed by atoms with van der Waals surface area (Å²) in [6, 6.07) is 8.63. The van der Waals surface area contributed by atoms with E-state index in [9.17, 15) is 13.2 Å². The van der Waals surface area contributed by atoms with Crippen LogP contribution in [-0.4, -0.2) is 37.4 Å². The molecule has 0 saturated heterocycles. The van der Waals surface area contributed by atoms with E-state index in [1.165, 1.54) is 0 Å². The van der Waals surface area contributed by atoms with E-state index in [1.54, 1.807) is 7.11 Å². The molecule has 0 spiro atoms. The maximum atomic E-state index is 13.0. The van der Waals surface area contributed by atoms with Gasteiger partial charge in [0.25, 0.3) is 0 Å². The van der Waals surface area contributed by atoms with Crippen LogP contribution < -0.4 is 10.1 Å². The minimum atomic E-state index is -4.49. The van der Waals surface area contributed by atoms with Crippen molar-refractivity contribution in [2.75, 3.05) is 12.4 Å². The molecule has 2 heterocycles. The molecule has 174 valence electrons. The summed E-state index contributed by atoms with van der Waals surface area (Å²) in [5.41, 5.74) is -0.432. The van der Waals surface area contributed by atoms with Crippen molar-refractivity contribution in [1.29, 1.82) is 0 Å². The third-order valence-electron chi connectivity index (χ3n) is 7.27. The Morgan fingerprint density at radius 3 is 2.36 bits per heavy atom. The minimum Gasteiger partial charge on any atom is -0.496 e. The fourth-order valence-corrected chi connectivity index (χ4v) is 5.38. The number of hydrogen-bond donors (Lipinski definition) is 1. The number of ether oxygens (including phenoxy) is 1. The summed E-state index contributed by atoms with van der Waals surface area (Å²) in [6.45, 7) is 0. The third-order valence-corrected chi connectivity index (χ3v) is 7.27. The lowest BCUT2D eigenvalue weighted by Crippen LogP contribution is -2.53. The number of nitrogens with zero attached hydrogens (tertiary/aromatic N) is 5. The molecule has 0 aliphatic heterocycles. The standard InChI is InChI=1S/C23H25F3N6O/c1-32-18(15-5-3-4-6-16(15)33-2)30-31-19(32)21-8-11-22(12-9-21,13-10-21)29-20-27-14-7-17(28-20)23(24,25)26/h3-7,14H,8-13H2,1-2H3,(H,27,28,29). The van der Waals surface area contributed by atoms with Gasteiger partial charge in [-0.05, 0) is 56.7 Å². The Hall–Kier alpha value is -3.17. The monoisotopic (exact) mass is 458 g/mol. The number of rotatable bonds is 5. The molecule has 33 heavy (non-hydrogen) atoms. The fraction of sp³-hybridized carbons (Fsp3) is 0.478. The molecule has 3 saturated carbocycles. The van der Waals surface area contributed by atoms with E-state index in [0.717, 1.165) is 73.7 Å². The van der Waals surface area contributed by atoms with E-state index in [-0.39, 0.29) is 16.9 Å². The van der Waals surface area contributed by atoms with Crippen molar-refractivity contribution in [3.8, 4) is 17.1 Å². The molecule has 3 aliphatic rings. The highest BCUT2D eigenvalue weighted by Gasteiger charge is 2.52. The van der Waals surface area contributed by atoms with Gasteiger partial charge >= 0.3 is 6.18 Å². The topological polar surface area (TPSA) is 77.8 Å². The van der Waals surface area contributed by atoms with Crippen molar-refractivity contribution in [3.05, 3.63) is 48.0 Å². The van der Waals surface area contributed by atoms with Gasteiger partial charge < -0.3 is 14.6 Å². The zero-order valence-electron chi connectivity index (χ0n) is 18.5. The average Bonchev–Trinajstić information content (AvgIpc) is 3.21. The summed E-state index contributed by atoms with van der Waals surface area (Å²) < 4.78 is 46.7. The lowest BCUT2D eigenvalue weighted by Gasteiger charge is -2.53. The van der Waals surface area contributed by atoms with Gasteiger partial charge in [-0.1, -0.05) is 12.1 Å². The third kappa shape index (κ3) is 3.71. The Bertz CT molecular complexity index is 1150. The van der Waals surface area contributed by atoms with Crippen LogP contribution in [0.2, 0.25) is 0 Å². The van der Waals surface area contributed by atoms with E-state index in [1.807, 2.05) is 31.3 Å². The molecule has 2 bridgehead atoms. The van der Waals surface area contributed by atoms with E-state index >= 15 is 0 Å². The average molecular weight is 458 g/mol. The van der Waals surface area contributed by atoms with Crippen molar-refractivity contribution in [2.24, 2.45) is 7.05 Å². The van der Waals surface area contributed by atoms with Crippen LogP contribution in [0, 0.1) is 0 Å². The number of para-hydroxylation sites is 1. The van der Waals surface area contributed by atoms with Crippen molar-refractivity contribution in [3.63, 3.8) is 0 Å². The second kappa shape index (κ2) is 7.71. The number of halogens is 3. The highest BCUT2D eigenvalue weighted by atomic mass is 19.4. The summed E-state index contributed by atoms with van der Waals surface area (Å²) in [6.07, 6.45) is 1.71. The van der Waals surface area contributed by atoms with Gasteiger partial charge in [0.2, 0.25) is 5.95 Å². The Labute approximate surface area is 189 Å². The highest BCUT2D eigenvalue weighted by molar-refractivity contribution is 5.64. The Morgan fingerprint density at radius 2 is 1.70 bits per heavy atom. The van der Waals surface area contributed by atoms with Gasteiger partial charge in [-0.3, -0.25) is 0 Å². The number of aromatic nitrogens is 5. The van der Waals surface area contributed by atoms with E-state index in [0.29, 0.717) is 0 Å². The molecule has 1 aromatic carbocycles. The number of methoxy groups -OCH3 is 1. The molecule has 7 nitrogen and oxygen atoms in total. The summed E-state index contributed by atoms with van der Waals surface area (Å²) >= 11 is 0. The number of hydrogen-bond acceptors (Lipinski definition) is 6. The summed E-state index contributed by atoms with van der Waals surface area (Å²) in [5.74, 6) is 2.49. The van der Waals surface area contributed by atoms with Crippen molar-refractivity contribution >= 4 is 5.95 Å². The van der Waals surface area contributed by atoms with Crippen LogP contribution in [0.1, 0.15) is 50.0 Å². The SMILES string of the molecule is COc1ccccc1-c1nnc(C23CCC(Nc4nccc(C(F)(F)F)n4)(CC2)CC3)n1C. The first kappa shape index (κ1) is 21.7. The first-order chi connectivity index (χ1) is 15.8. The lowest BCUT2D eigenvalue weighted by atomic mass is 9.57. The van der Waals surface area contributed by atoms with Gasteiger partial charge in [-0.25, -0.2) is 9.97 Å².